The Balaban J connectivity index is 1.84. The molecule has 0 aliphatic heterocycles. The maximum Gasteiger partial charge on any atom is 0.355 e. The van der Waals surface area contributed by atoms with Crippen molar-refractivity contribution in [2.75, 3.05) is 27.1 Å². The highest BCUT2D eigenvalue weighted by Gasteiger charge is 2.27. The maximum atomic E-state index is 14.2. The second-order valence-corrected chi connectivity index (χ2v) is 9.75. The number of ether oxygens (including phenoxy) is 4. The fourth-order valence-corrected chi connectivity index (χ4v) is 5.13. The molecule has 0 spiro atoms. The maximum absolute atomic E-state index is 14.2. The summed E-state index contributed by atoms with van der Waals surface area (Å²) in [5.74, 6) is 0.715. The Kier molecular flexibility index (Phi) is 7.93. The molecule has 41 heavy (non-hydrogen) atoms. The minimum atomic E-state index is -0.702. The van der Waals surface area contributed by atoms with E-state index < -0.39 is 11.5 Å². The predicted molar refractivity (Wildman–Crippen MR) is 160 cm³/mol. The van der Waals surface area contributed by atoms with Gasteiger partial charge in [-0.2, -0.15) is 0 Å². The number of nitrogens with zero attached hydrogens (tertiary/aromatic N) is 2. The lowest BCUT2D eigenvalue weighted by atomic mass is 9.95. The number of aromatic nitrogens is 2. The summed E-state index contributed by atoms with van der Waals surface area (Å²) in [5, 5.41) is 0.836. The van der Waals surface area contributed by atoms with Gasteiger partial charge in [-0.15, -0.1) is 0 Å². The SMILES string of the molecule is COC(=O)c1c(-c2cc(OC)c(Br)c(OC)c2)c2ccc(OCc3ccccn3)cc2c(=O)n1-c1ccc(N)cc1. The fraction of sp³-hybridized carbons (Fsp3) is 0.129. The van der Waals surface area contributed by atoms with Crippen molar-refractivity contribution in [3.63, 3.8) is 0 Å². The van der Waals surface area contributed by atoms with Crippen LogP contribution in [0.15, 0.2) is 88.3 Å². The van der Waals surface area contributed by atoms with Crippen LogP contribution in [-0.2, 0) is 11.3 Å². The number of hydrogen-bond acceptors (Lipinski definition) is 8. The zero-order chi connectivity index (χ0) is 29.1. The minimum absolute atomic E-state index is 0.0309. The molecule has 208 valence electrons. The first-order chi connectivity index (χ1) is 19.9. The van der Waals surface area contributed by atoms with Crippen molar-refractivity contribution in [2.24, 2.45) is 0 Å². The Hall–Kier alpha value is -4.83. The molecule has 0 saturated heterocycles. The van der Waals surface area contributed by atoms with Gasteiger partial charge in [-0.25, -0.2) is 4.79 Å². The molecule has 5 rings (SSSR count). The molecular formula is C31H26BrN3O6. The summed E-state index contributed by atoms with van der Waals surface area (Å²) in [4.78, 5) is 31.9. The zero-order valence-electron chi connectivity index (χ0n) is 22.5. The third kappa shape index (κ3) is 5.33. The van der Waals surface area contributed by atoms with Crippen LogP contribution in [0, 0.1) is 0 Å². The highest BCUT2D eigenvalue weighted by atomic mass is 79.9. The molecule has 0 bridgehead atoms. The Labute approximate surface area is 244 Å². The molecule has 0 fully saturated rings. The van der Waals surface area contributed by atoms with E-state index in [0.717, 1.165) is 5.69 Å². The largest absolute Gasteiger partial charge is 0.495 e. The number of benzene rings is 3. The Bertz CT molecular complexity index is 1780. The third-order valence-electron chi connectivity index (χ3n) is 6.53. The number of halogens is 1. The van der Waals surface area contributed by atoms with Gasteiger partial charge < -0.3 is 24.7 Å². The van der Waals surface area contributed by atoms with Gasteiger partial charge in [0.25, 0.3) is 5.56 Å². The number of rotatable bonds is 8. The summed E-state index contributed by atoms with van der Waals surface area (Å²) >= 11 is 3.50. The van der Waals surface area contributed by atoms with Gasteiger partial charge in [0.15, 0.2) is 0 Å². The van der Waals surface area contributed by atoms with Crippen LogP contribution in [0.4, 0.5) is 5.69 Å². The third-order valence-corrected chi connectivity index (χ3v) is 7.31. The minimum Gasteiger partial charge on any atom is -0.495 e. The van der Waals surface area contributed by atoms with Crippen LogP contribution in [0.25, 0.3) is 27.6 Å². The molecule has 10 heteroatoms. The summed E-state index contributed by atoms with van der Waals surface area (Å²) in [6.07, 6.45) is 1.69. The molecule has 2 N–H and O–H groups in total. The van der Waals surface area contributed by atoms with Crippen LogP contribution in [-0.4, -0.2) is 36.8 Å². The van der Waals surface area contributed by atoms with Crippen LogP contribution >= 0.6 is 15.9 Å². The van der Waals surface area contributed by atoms with E-state index in [-0.39, 0.29) is 12.3 Å². The Morgan fingerprint density at radius 3 is 2.24 bits per heavy atom. The quantitative estimate of drug-likeness (QED) is 0.172. The summed E-state index contributed by atoms with van der Waals surface area (Å²) in [6, 6.07) is 20.9. The number of anilines is 1. The first kappa shape index (κ1) is 27.7. The molecule has 2 heterocycles. The van der Waals surface area contributed by atoms with Gasteiger partial charge in [0.2, 0.25) is 0 Å². The Morgan fingerprint density at radius 1 is 0.927 bits per heavy atom. The summed E-state index contributed by atoms with van der Waals surface area (Å²) in [7, 11) is 4.33. The smallest absolute Gasteiger partial charge is 0.355 e. The van der Waals surface area contributed by atoms with Gasteiger partial charge in [-0.3, -0.25) is 14.3 Å². The lowest BCUT2D eigenvalue weighted by molar-refractivity contribution is 0.0591. The monoisotopic (exact) mass is 615 g/mol. The average Bonchev–Trinajstić information content (AvgIpc) is 3.01. The first-order valence-electron chi connectivity index (χ1n) is 12.5. The molecule has 0 radical (unpaired) electrons. The molecular weight excluding hydrogens is 590 g/mol. The van der Waals surface area contributed by atoms with Gasteiger partial charge in [0, 0.05) is 23.1 Å². The van der Waals surface area contributed by atoms with E-state index in [9.17, 15) is 9.59 Å². The van der Waals surface area contributed by atoms with E-state index in [1.807, 2.05) is 18.2 Å². The number of carbonyl (C=O) groups excluding carboxylic acids is 1. The van der Waals surface area contributed by atoms with E-state index in [4.69, 9.17) is 24.7 Å². The molecule has 5 aromatic rings. The number of carbonyl (C=O) groups is 1. The lowest BCUT2D eigenvalue weighted by Crippen LogP contribution is -2.27. The second-order valence-electron chi connectivity index (χ2n) is 8.96. The standard InChI is InChI=1S/C31H26BrN3O6/c1-38-25-14-18(15-26(39-2)28(25)32)27-23-12-11-22(41-17-20-6-4-5-13-34-20)16-24(23)30(36)35(29(27)31(37)40-3)21-9-7-19(33)8-10-21/h4-16H,17,33H2,1-3H3. The van der Waals surface area contributed by atoms with Crippen molar-refractivity contribution < 1.29 is 23.7 Å². The number of hydrogen-bond donors (Lipinski definition) is 1. The second kappa shape index (κ2) is 11.7. The predicted octanol–water partition coefficient (Wildman–Crippen LogP) is 5.78. The molecule has 0 atom stereocenters. The van der Waals surface area contributed by atoms with Crippen molar-refractivity contribution >= 4 is 38.4 Å². The molecule has 0 unspecified atom stereocenters. The van der Waals surface area contributed by atoms with E-state index >= 15 is 0 Å². The van der Waals surface area contributed by atoms with Gasteiger partial charge in [0.1, 0.15) is 34.0 Å². The van der Waals surface area contributed by atoms with Crippen molar-refractivity contribution in [3.05, 3.63) is 105 Å². The normalized spacial score (nSPS) is 10.8. The molecule has 2 aromatic heterocycles. The van der Waals surface area contributed by atoms with Crippen molar-refractivity contribution in [1.29, 1.82) is 0 Å². The van der Waals surface area contributed by atoms with Crippen LogP contribution in [0.5, 0.6) is 17.2 Å². The van der Waals surface area contributed by atoms with E-state index in [1.54, 1.807) is 60.8 Å². The van der Waals surface area contributed by atoms with E-state index in [1.165, 1.54) is 25.9 Å². The summed E-state index contributed by atoms with van der Waals surface area (Å²) in [6.45, 7) is 0.215. The lowest BCUT2D eigenvalue weighted by Gasteiger charge is -2.20. The van der Waals surface area contributed by atoms with Gasteiger partial charge in [-0.05, 0) is 93.6 Å². The van der Waals surface area contributed by atoms with Crippen molar-refractivity contribution in [1.82, 2.24) is 9.55 Å². The fourth-order valence-electron chi connectivity index (χ4n) is 4.58. The Morgan fingerprint density at radius 2 is 1.63 bits per heavy atom. The number of nitrogens with two attached hydrogens (primary N) is 1. The molecule has 0 saturated carbocycles. The summed E-state index contributed by atoms with van der Waals surface area (Å²) < 4.78 is 24.3. The molecule has 9 nitrogen and oxygen atoms in total. The molecule has 0 amide bonds. The van der Waals surface area contributed by atoms with E-state index in [2.05, 4.69) is 20.9 Å². The molecule has 0 aliphatic rings. The molecule has 3 aromatic carbocycles. The first-order valence-corrected chi connectivity index (χ1v) is 13.3. The van der Waals surface area contributed by atoms with E-state index in [0.29, 0.717) is 55.0 Å². The zero-order valence-corrected chi connectivity index (χ0v) is 24.1. The summed E-state index contributed by atoms with van der Waals surface area (Å²) in [5.41, 5.74) is 8.22. The van der Waals surface area contributed by atoms with Gasteiger partial charge >= 0.3 is 5.97 Å². The number of pyridine rings is 2. The van der Waals surface area contributed by atoms with Crippen molar-refractivity contribution in [3.8, 4) is 34.1 Å². The van der Waals surface area contributed by atoms with Crippen LogP contribution in [0.3, 0.4) is 0 Å². The number of methoxy groups -OCH3 is 3. The average molecular weight is 616 g/mol. The van der Waals surface area contributed by atoms with Crippen LogP contribution in [0.1, 0.15) is 16.2 Å². The topological polar surface area (TPSA) is 115 Å². The van der Waals surface area contributed by atoms with Gasteiger partial charge in [-0.1, -0.05) is 6.07 Å². The molecule has 0 aliphatic carbocycles. The highest BCUT2D eigenvalue weighted by molar-refractivity contribution is 9.10. The number of esters is 1. The van der Waals surface area contributed by atoms with Gasteiger partial charge in [0.05, 0.1) is 32.4 Å². The van der Waals surface area contributed by atoms with Crippen LogP contribution < -0.4 is 25.5 Å². The number of nitrogen functional groups attached to an aromatic ring is 1. The number of fused-ring (bicyclic) bond motifs is 1. The van der Waals surface area contributed by atoms with Crippen LogP contribution in [0.2, 0.25) is 0 Å². The van der Waals surface area contributed by atoms with Crippen molar-refractivity contribution in [2.45, 2.75) is 6.61 Å². The highest BCUT2D eigenvalue weighted by Crippen LogP contribution is 2.42.